The molecule has 0 saturated carbocycles. The largest absolute Gasteiger partial charge is 0.310 e. The SMILES string of the molecule is BBBCCN(C)C. The molecule has 0 aliphatic carbocycles. The maximum Gasteiger partial charge on any atom is 0.0796 e. The van der Waals surface area contributed by atoms with Crippen LogP contribution in [0.15, 0.2) is 0 Å². The first-order valence-electron chi connectivity index (χ1n) is 3.42. The molecule has 44 valence electrons. The molecule has 0 aromatic heterocycles. The van der Waals surface area contributed by atoms with Gasteiger partial charge in [0.25, 0.3) is 0 Å². The molecule has 1 nitrogen and oxygen atoms in total. The van der Waals surface area contributed by atoms with E-state index in [9.17, 15) is 0 Å². The molecule has 4 heteroatoms. The van der Waals surface area contributed by atoms with Crippen molar-refractivity contribution in [2.45, 2.75) is 6.32 Å². The lowest BCUT2D eigenvalue weighted by Gasteiger charge is -2.06. The lowest BCUT2D eigenvalue weighted by molar-refractivity contribution is 0.433. The van der Waals surface area contributed by atoms with E-state index in [4.69, 9.17) is 0 Å². The molecule has 8 heavy (non-hydrogen) atoms. The zero-order valence-corrected chi connectivity index (χ0v) is 6.28. The molecule has 0 bridgehead atoms. The van der Waals surface area contributed by atoms with Crippen LogP contribution in [0.1, 0.15) is 0 Å². The van der Waals surface area contributed by atoms with Gasteiger partial charge in [-0.15, -0.1) is 0 Å². The fraction of sp³-hybridized carbons (Fsp3) is 1.00. The predicted octanol–water partition coefficient (Wildman–Crippen LogP) is -1.70. The van der Waals surface area contributed by atoms with Crippen molar-refractivity contribution < 1.29 is 0 Å². The van der Waals surface area contributed by atoms with Crippen molar-refractivity contribution in [3.63, 3.8) is 0 Å². The molecular weight excluding hydrogens is 94.5 g/mol. The molecule has 0 amide bonds. The van der Waals surface area contributed by atoms with Crippen LogP contribution in [0.5, 0.6) is 0 Å². The smallest absolute Gasteiger partial charge is 0.0796 e. The van der Waals surface area contributed by atoms with Gasteiger partial charge >= 0.3 is 0 Å². The van der Waals surface area contributed by atoms with Crippen molar-refractivity contribution in [1.29, 1.82) is 0 Å². The Bertz CT molecular complexity index is 48.5. The Kier molecular flexibility index (Phi) is 5.40. The van der Waals surface area contributed by atoms with Crippen LogP contribution in [0.4, 0.5) is 0 Å². The number of hydrogen-bond donors (Lipinski definition) is 0. The quantitative estimate of drug-likeness (QED) is 0.307. The van der Waals surface area contributed by atoms with Gasteiger partial charge in [0, 0.05) is 0 Å². The van der Waals surface area contributed by atoms with E-state index in [0.29, 0.717) is 0 Å². The van der Waals surface area contributed by atoms with Crippen LogP contribution in [0.25, 0.3) is 0 Å². The standard InChI is InChI=1S/C4H14B3N/c1-8(2)4-3-6-7-5/h6-7H,3-5H2,1-2H3. The second-order valence-corrected chi connectivity index (χ2v) is 2.51. The van der Waals surface area contributed by atoms with E-state index in [1.54, 1.807) is 0 Å². The van der Waals surface area contributed by atoms with Gasteiger partial charge in [0.15, 0.2) is 0 Å². The zero-order chi connectivity index (χ0) is 6.41. The van der Waals surface area contributed by atoms with Crippen molar-refractivity contribution in [3.05, 3.63) is 0 Å². The Balaban J connectivity index is 2.72. The fourth-order valence-electron chi connectivity index (χ4n) is 0.678. The summed E-state index contributed by atoms with van der Waals surface area (Å²) in [5.41, 5.74) is 0. The molecule has 0 aromatic carbocycles. The Labute approximate surface area is 54.7 Å². The second kappa shape index (κ2) is 5.29. The van der Waals surface area contributed by atoms with Gasteiger partial charge in [-0.1, -0.05) is 6.32 Å². The van der Waals surface area contributed by atoms with Gasteiger partial charge in [-0.25, -0.2) is 0 Å². The molecule has 0 fully saturated rings. The van der Waals surface area contributed by atoms with Gasteiger partial charge in [0.05, 0.1) is 22.0 Å². The summed E-state index contributed by atoms with van der Waals surface area (Å²) in [6.45, 7) is 1.24. The molecule has 0 aromatic rings. The minimum atomic E-state index is 1.24. The average molecular weight is 109 g/mol. The van der Waals surface area contributed by atoms with Gasteiger partial charge in [-0.3, -0.25) is 0 Å². The average Bonchev–Trinajstić information content (AvgIpc) is 1.66. The van der Waals surface area contributed by atoms with Gasteiger partial charge in [0.2, 0.25) is 0 Å². The minimum absolute atomic E-state index is 1.24. The maximum absolute atomic E-state index is 2.23. The van der Waals surface area contributed by atoms with E-state index in [-0.39, 0.29) is 0 Å². The van der Waals surface area contributed by atoms with E-state index >= 15 is 0 Å². The minimum Gasteiger partial charge on any atom is -0.310 e. The van der Waals surface area contributed by atoms with Gasteiger partial charge in [-0.2, -0.15) is 0 Å². The first kappa shape index (κ1) is 8.15. The number of nitrogens with zero attached hydrogens (tertiary/aromatic N) is 1. The normalized spacial score (nSPS) is 9.38. The zero-order valence-electron chi connectivity index (χ0n) is 6.28. The highest BCUT2D eigenvalue weighted by molar-refractivity contribution is 7.23. The third-order valence-corrected chi connectivity index (χ3v) is 1.21. The molecule has 0 unspecified atom stereocenters. The van der Waals surface area contributed by atoms with Crippen LogP contribution in [-0.2, 0) is 0 Å². The second-order valence-electron chi connectivity index (χ2n) is 2.51. The Morgan fingerprint density at radius 1 is 1.50 bits per heavy atom. The summed E-state index contributed by atoms with van der Waals surface area (Å²) in [6.07, 6.45) is 1.35. The molecule has 0 atom stereocenters. The summed E-state index contributed by atoms with van der Waals surface area (Å²) in [4.78, 5) is 2.23. The summed E-state index contributed by atoms with van der Waals surface area (Å²) < 4.78 is 0. The van der Waals surface area contributed by atoms with E-state index in [1.165, 1.54) is 27.1 Å². The molecule has 0 radical (unpaired) electrons. The summed E-state index contributed by atoms with van der Waals surface area (Å²) in [5, 5.41) is 0. The molecule has 0 saturated heterocycles. The summed E-state index contributed by atoms with van der Waals surface area (Å²) in [5.74, 6) is 0. The first-order chi connectivity index (χ1) is 3.77. The monoisotopic (exact) mass is 109 g/mol. The summed E-state index contributed by atoms with van der Waals surface area (Å²) >= 11 is 0. The van der Waals surface area contributed by atoms with E-state index in [0.717, 1.165) is 0 Å². The van der Waals surface area contributed by atoms with E-state index < -0.39 is 0 Å². The predicted molar refractivity (Wildman–Crippen MR) is 46.2 cm³/mol. The van der Waals surface area contributed by atoms with E-state index in [1.807, 2.05) is 0 Å². The highest BCUT2D eigenvalue weighted by Crippen LogP contribution is 1.79. The van der Waals surface area contributed by atoms with Crippen LogP contribution in [0, 0.1) is 0 Å². The topological polar surface area (TPSA) is 3.24 Å². The highest BCUT2D eigenvalue weighted by Gasteiger charge is 1.89. The van der Waals surface area contributed by atoms with Crippen molar-refractivity contribution in [2.75, 3.05) is 20.6 Å². The van der Waals surface area contributed by atoms with Gasteiger partial charge in [-0.05, 0) is 20.6 Å². The van der Waals surface area contributed by atoms with Gasteiger partial charge in [0.1, 0.15) is 0 Å². The molecule has 0 aliphatic rings. The highest BCUT2D eigenvalue weighted by atomic mass is 15.0. The fourth-order valence-corrected chi connectivity index (χ4v) is 0.678. The van der Waals surface area contributed by atoms with Crippen LogP contribution in [0.2, 0.25) is 6.32 Å². The molecule has 0 aliphatic heterocycles. The lowest BCUT2D eigenvalue weighted by Crippen LogP contribution is -2.16. The first-order valence-corrected chi connectivity index (χ1v) is 3.42. The van der Waals surface area contributed by atoms with Crippen molar-refractivity contribution in [1.82, 2.24) is 4.90 Å². The van der Waals surface area contributed by atoms with Crippen LogP contribution in [0.3, 0.4) is 0 Å². The maximum atomic E-state index is 2.23. The third kappa shape index (κ3) is 6.15. The van der Waals surface area contributed by atoms with Crippen molar-refractivity contribution >= 4 is 22.0 Å². The molecule has 0 rings (SSSR count). The van der Waals surface area contributed by atoms with Crippen LogP contribution in [-0.4, -0.2) is 47.5 Å². The summed E-state index contributed by atoms with van der Waals surface area (Å²) in [6, 6.07) is 0. The molecule has 0 spiro atoms. The lowest BCUT2D eigenvalue weighted by atomic mass is 9.27. The Morgan fingerprint density at radius 2 is 2.12 bits per heavy atom. The van der Waals surface area contributed by atoms with Crippen LogP contribution < -0.4 is 0 Å². The Hall–Kier alpha value is 0.155. The molecule has 0 heterocycles. The number of hydrogen-bond acceptors (Lipinski definition) is 1. The summed E-state index contributed by atoms with van der Waals surface area (Å²) in [7, 11) is 9.17. The number of rotatable bonds is 4. The van der Waals surface area contributed by atoms with Gasteiger partial charge < -0.3 is 4.90 Å². The van der Waals surface area contributed by atoms with Crippen molar-refractivity contribution in [2.24, 2.45) is 0 Å². The molecular formula is C4H14B3N. The van der Waals surface area contributed by atoms with Crippen molar-refractivity contribution in [3.8, 4) is 0 Å². The van der Waals surface area contributed by atoms with Crippen LogP contribution >= 0.6 is 0 Å². The van der Waals surface area contributed by atoms with E-state index in [2.05, 4.69) is 26.7 Å². The molecule has 0 N–H and O–H groups in total. The Morgan fingerprint density at radius 3 is 2.50 bits per heavy atom. The third-order valence-electron chi connectivity index (χ3n) is 1.21.